The minimum Gasteiger partial charge on any atom is -0.450 e. The Balaban J connectivity index is 2.83. The highest BCUT2D eigenvalue weighted by atomic mass is 28.3. The van der Waals surface area contributed by atoms with Gasteiger partial charge in [-0.1, -0.05) is 59.7 Å². The van der Waals surface area contributed by atoms with Crippen LogP contribution in [0, 0.1) is 0 Å². The summed E-state index contributed by atoms with van der Waals surface area (Å²) in [4.78, 5) is 0. The minimum atomic E-state index is -1.78. The third kappa shape index (κ3) is 2.38. The van der Waals surface area contributed by atoms with E-state index in [1.807, 2.05) is 6.07 Å². The third-order valence-corrected chi connectivity index (χ3v) is 11.8. The standard InChI is InChI=1S/C17H27BNOSi/c1-12(2)21(13(3)4,14(5)6)19-11-16(18-20)15-9-7-8-10-17(15)19/h7-14,20H,1-6H3. The molecule has 0 aliphatic heterocycles. The van der Waals surface area contributed by atoms with Crippen LogP contribution in [0.25, 0.3) is 10.9 Å². The Labute approximate surface area is 130 Å². The zero-order chi connectivity index (χ0) is 15.8. The number of hydrogen-bond acceptors (Lipinski definition) is 1. The number of hydrogen-bond donors (Lipinski definition) is 1. The second-order valence-corrected chi connectivity index (χ2v) is 12.7. The summed E-state index contributed by atoms with van der Waals surface area (Å²) in [6.07, 6.45) is 2.18. The molecule has 0 saturated heterocycles. The van der Waals surface area contributed by atoms with E-state index in [1.54, 1.807) is 0 Å². The Bertz CT molecular complexity index is 597. The molecule has 0 atom stereocenters. The Kier molecular flexibility index (Phi) is 4.69. The molecule has 21 heavy (non-hydrogen) atoms. The lowest BCUT2D eigenvalue weighted by atomic mass is 9.89. The van der Waals surface area contributed by atoms with Crippen molar-refractivity contribution in [1.82, 2.24) is 4.23 Å². The van der Waals surface area contributed by atoms with Gasteiger partial charge in [0.15, 0.2) is 8.24 Å². The molecule has 2 aromatic rings. The monoisotopic (exact) mass is 300 g/mol. The quantitative estimate of drug-likeness (QED) is 0.832. The fourth-order valence-electron chi connectivity index (χ4n) is 4.46. The Hall–Kier alpha value is -0.998. The second-order valence-electron chi connectivity index (χ2n) is 6.95. The van der Waals surface area contributed by atoms with Crippen molar-refractivity contribution in [3.63, 3.8) is 0 Å². The van der Waals surface area contributed by atoms with Gasteiger partial charge in [-0.3, -0.25) is 0 Å². The number of fused-ring (bicyclic) bond motifs is 1. The lowest BCUT2D eigenvalue weighted by Gasteiger charge is -2.44. The first-order valence-electron chi connectivity index (χ1n) is 7.95. The Morgan fingerprint density at radius 3 is 1.95 bits per heavy atom. The molecule has 0 amide bonds. The number of nitrogens with zero attached hydrogens (tertiary/aromatic N) is 1. The molecular weight excluding hydrogens is 273 g/mol. The fourth-order valence-corrected chi connectivity index (χ4v) is 11.1. The molecule has 1 heterocycles. The van der Waals surface area contributed by atoms with Crippen LogP contribution in [-0.4, -0.2) is 25.0 Å². The summed E-state index contributed by atoms with van der Waals surface area (Å²) < 4.78 is 2.55. The summed E-state index contributed by atoms with van der Waals surface area (Å²) in [5.41, 5.74) is 4.12. The third-order valence-electron chi connectivity index (χ3n) is 5.07. The highest BCUT2D eigenvalue weighted by Crippen LogP contribution is 2.43. The van der Waals surface area contributed by atoms with E-state index in [0.29, 0.717) is 16.6 Å². The highest BCUT2D eigenvalue weighted by Gasteiger charge is 2.45. The van der Waals surface area contributed by atoms with E-state index < -0.39 is 8.24 Å². The molecule has 0 bridgehead atoms. The van der Waals surface area contributed by atoms with Crippen molar-refractivity contribution in [2.75, 3.05) is 0 Å². The number of para-hydroxylation sites is 1. The van der Waals surface area contributed by atoms with E-state index >= 15 is 0 Å². The van der Waals surface area contributed by atoms with E-state index in [4.69, 9.17) is 0 Å². The summed E-state index contributed by atoms with van der Waals surface area (Å²) in [5.74, 6) is 0. The molecule has 1 aromatic carbocycles. The maximum atomic E-state index is 9.61. The maximum absolute atomic E-state index is 9.61. The Morgan fingerprint density at radius 2 is 1.48 bits per heavy atom. The van der Waals surface area contributed by atoms with E-state index in [0.717, 1.165) is 10.8 Å². The van der Waals surface area contributed by atoms with Crippen LogP contribution in [0.2, 0.25) is 16.6 Å². The largest absolute Gasteiger partial charge is 0.450 e. The van der Waals surface area contributed by atoms with Crippen LogP contribution in [0.3, 0.4) is 0 Å². The van der Waals surface area contributed by atoms with Gasteiger partial charge in [-0.15, -0.1) is 0 Å². The average molecular weight is 300 g/mol. The van der Waals surface area contributed by atoms with Crippen molar-refractivity contribution in [2.24, 2.45) is 0 Å². The van der Waals surface area contributed by atoms with Crippen LogP contribution in [0.1, 0.15) is 41.5 Å². The van der Waals surface area contributed by atoms with Crippen LogP contribution in [0.15, 0.2) is 30.5 Å². The van der Waals surface area contributed by atoms with E-state index in [-0.39, 0.29) is 0 Å². The number of rotatable bonds is 5. The summed E-state index contributed by atoms with van der Waals surface area (Å²) in [6.45, 7) is 14.2. The zero-order valence-electron chi connectivity index (χ0n) is 14.1. The fraction of sp³-hybridized carbons (Fsp3) is 0.529. The van der Waals surface area contributed by atoms with Crippen LogP contribution in [-0.2, 0) is 0 Å². The van der Waals surface area contributed by atoms with Gasteiger partial charge in [0, 0.05) is 5.52 Å². The predicted molar refractivity (Wildman–Crippen MR) is 96.0 cm³/mol. The molecule has 0 unspecified atom stereocenters. The van der Waals surface area contributed by atoms with Gasteiger partial charge in [0.2, 0.25) is 0 Å². The van der Waals surface area contributed by atoms with Gasteiger partial charge in [0.1, 0.15) is 0 Å². The minimum absolute atomic E-state index is 0.639. The lowest BCUT2D eigenvalue weighted by Crippen LogP contribution is -2.51. The van der Waals surface area contributed by atoms with E-state index in [1.165, 1.54) is 13.0 Å². The topological polar surface area (TPSA) is 25.2 Å². The smallest absolute Gasteiger partial charge is 0.328 e. The number of benzene rings is 1. The average Bonchev–Trinajstić information content (AvgIpc) is 2.78. The molecule has 0 aliphatic carbocycles. The first-order valence-corrected chi connectivity index (χ1v) is 10.1. The van der Waals surface area contributed by atoms with E-state index in [9.17, 15) is 5.02 Å². The number of aromatic nitrogens is 1. The molecule has 0 saturated carbocycles. The van der Waals surface area contributed by atoms with Crippen molar-refractivity contribution in [3.05, 3.63) is 30.5 Å². The highest BCUT2D eigenvalue weighted by molar-refractivity contribution is 6.83. The van der Waals surface area contributed by atoms with Crippen LogP contribution in [0.4, 0.5) is 0 Å². The maximum Gasteiger partial charge on any atom is 0.328 e. The first kappa shape index (κ1) is 16.4. The van der Waals surface area contributed by atoms with Gasteiger partial charge in [-0.05, 0) is 39.7 Å². The molecule has 0 spiro atoms. The van der Waals surface area contributed by atoms with Gasteiger partial charge in [-0.25, -0.2) is 0 Å². The molecule has 4 heteroatoms. The van der Waals surface area contributed by atoms with Crippen molar-refractivity contribution in [2.45, 2.75) is 58.2 Å². The SMILES string of the molecule is CC(C)[Si](C(C)C)(C(C)C)n1cc([B]O)c2ccccc21. The van der Waals surface area contributed by atoms with Crippen molar-refractivity contribution < 1.29 is 5.02 Å². The second kappa shape index (κ2) is 6.01. The molecule has 0 aliphatic rings. The molecule has 0 fully saturated rings. The van der Waals surface area contributed by atoms with Gasteiger partial charge in [0.25, 0.3) is 0 Å². The normalized spacial score (nSPS) is 12.9. The Morgan fingerprint density at radius 1 is 0.952 bits per heavy atom. The van der Waals surface area contributed by atoms with Crippen LogP contribution >= 0.6 is 0 Å². The zero-order valence-corrected chi connectivity index (χ0v) is 15.1. The summed E-state index contributed by atoms with van der Waals surface area (Å²) in [5, 5.41) is 10.8. The molecule has 2 rings (SSSR count). The predicted octanol–water partition coefficient (Wildman–Crippen LogP) is 3.90. The summed E-state index contributed by atoms with van der Waals surface area (Å²) in [6, 6.07) is 8.44. The summed E-state index contributed by atoms with van der Waals surface area (Å²) >= 11 is 0. The van der Waals surface area contributed by atoms with Crippen LogP contribution in [0.5, 0.6) is 0 Å². The van der Waals surface area contributed by atoms with Gasteiger partial charge < -0.3 is 9.26 Å². The first-order chi connectivity index (χ1) is 9.87. The molecular formula is C17H27BNOSi. The van der Waals surface area contributed by atoms with Gasteiger partial charge in [-0.2, -0.15) is 0 Å². The van der Waals surface area contributed by atoms with Crippen LogP contribution < -0.4 is 5.46 Å². The van der Waals surface area contributed by atoms with Crippen molar-refractivity contribution >= 4 is 32.1 Å². The molecule has 1 aromatic heterocycles. The van der Waals surface area contributed by atoms with Gasteiger partial charge in [0.05, 0.1) is 0 Å². The molecule has 1 radical (unpaired) electrons. The van der Waals surface area contributed by atoms with Crippen molar-refractivity contribution in [3.8, 4) is 0 Å². The summed E-state index contributed by atoms with van der Waals surface area (Å²) in [7, 11) is -0.529. The lowest BCUT2D eigenvalue weighted by molar-refractivity contribution is 0.615. The molecule has 1 N–H and O–H groups in total. The molecule has 2 nitrogen and oxygen atoms in total. The van der Waals surface area contributed by atoms with E-state index in [2.05, 4.69) is 70.2 Å². The van der Waals surface area contributed by atoms with Gasteiger partial charge >= 0.3 is 7.48 Å². The van der Waals surface area contributed by atoms with Crippen molar-refractivity contribution in [1.29, 1.82) is 0 Å². The molecule has 113 valence electrons.